The van der Waals surface area contributed by atoms with Crippen LogP contribution in [0.3, 0.4) is 0 Å². The van der Waals surface area contributed by atoms with Crippen molar-refractivity contribution >= 4 is 33.3 Å². The van der Waals surface area contributed by atoms with Crippen molar-refractivity contribution in [3.63, 3.8) is 0 Å². The Morgan fingerprint density at radius 3 is 2.55 bits per heavy atom. The minimum Gasteiger partial charge on any atom is -0.395 e. The van der Waals surface area contributed by atoms with Crippen LogP contribution in [0.5, 0.6) is 11.5 Å². The van der Waals surface area contributed by atoms with Gasteiger partial charge in [0.25, 0.3) is 0 Å². The summed E-state index contributed by atoms with van der Waals surface area (Å²) in [5.41, 5.74) is 1.49. The van der Waals surface area contributed by atoms with Crippen molar-refractivity contribution in [2.24, 2.45) is 4.99 Å². The molecular weight excluding hydrogens is 376 g/mol. The van der Waals surface area contributed by atoms with Gasteiger partial charge in [-0.3, -0.25) is 0 Å². The first-order valence-electron chi connectivity index (χ1n) is 6.21. The molecule has 1 unspecified atom stereocenters. The van der Waals surface area contributed by atoms with E-state index >= 15 is 0 Å². The first-order chi connectivity index (χ1) is 10.5. The number of ether oxygens (including phenoxy) is 2. The van der Waals surface area contributed by atoms with Crippen LogP contribution in [0.15, 0.2) is 51.9 Å². The molecule has 112 valence electrons. The maximum absolute atomic E-state index is 13.1. The molecule has 0 saturated heterocycles. The van der Waals surface area contributed by atoms with Gasteiger partial charge in [-0.1, -0.05) is 34.1 Å². The summed E-state index contributed by atoms with van der Waals surface area (Å²) in [6.45, 7) is 0. The van der Waals surface area contributed by atoms with E-state index < -0.39 is 12.3 Å². The van der Waals surface area contributed by atoms with Crippen molar-refractivity contribution < 1.29 is 18.3 Å². The zero-order valence-electron chi connectivity index (χ0n) is 10.9. The quantitative estimate of drug-likeness (QED) is 0.554. The highest BCUT2D eigenvalue weighted by Crippen LogP contribution is 2.43. The third-order valence-corrected chi connectivity index (χ3v) is 3.69. The molecule has 0 fully saturated rings. The van der Waals surface area contributed by atoms with Crippen LogP contribution < -0.4 is 9.47 Å². The first kappa shape index (κ1) is 15.1. The van der Waals surface area contributed by atoms with Crippen molar-refractivity contribution in [1.82, 2.24) is 0 Å². The number of hydrogen-bond donors (Lipinski definition) is 0. The van der Waals surface area contributed by atoms with E-state index in [2.05, 4.69) is 35.6 Å². The van der Waals surface area contributed by atoms with Gasteiger partial charge in [-0.2, -0.15) is 0 Å². The number of aliphatic imine (C=N–C) groups is 1. The molecule has 3 rings (SSSR count). The number of isothiocyanates is 1. The lowest BCUT2D eigenvalue weighted by Crippen LogP contribution is -2.25. The van der Waals surface area contributed by atoms with Crippen LogP contribution in [-0.4, -0.2) is 11.5 Å². The van der Waals surface area contributed by atoms with E-state index in [1.807, 2.05) is 24.3 Å². The lowest BCUT2D eigenvalue weighted by atomic mass is 9.99. The predicted molar refractivity (Wildman–Crippen MR) is 83.7 cm³/mol. The molecule has 0 aliphatic carbocycles. The van der Waals surface area contributed by atoms with Gasteiger partial charge in [0.05, 0.1) is 5.16 Å². The molecule has 1 aliphatic rings. The molecule has 0 bridgehead atoms. The van der Waals surface area contributed by atoms with Gasteiger partial charge in [-0.05, 0) is 47.6 Å². The summed E-state index contributed by atoms with van der Waals surface area (Å²) in [6, 6.07) is 11.6. The van der Waals surface area contributed by atoms with E-state index in [-0.39, 0.29) is 11.5 Å². The Balaban J connectivity index is 2.02. The predicted octanol–water partition coefficient (Wildman–Crippen LogP) is 4.96. The fourth-order valence-electron chi connectivity index (χ4n) is 2.21. The van der Waals surface area contributed by atoms with Gasteiger partial charge in [0, 0.05) is 4.47 Å². The van der Waals surface area contributed by atoms with E-state index in [0.717, 1.165) is 10.0 Å². The van der Waals surface area contributed by atoms with E-state index in [1.54, 1.807) is 6.07 Å². The van der Waals surface area contributed by atoms with Crippen LogP contribution in [0, 0.1) is 0 Å². The highest BCUT2D eigenvalue weighted by atomic mass is 79.9. The number of nitrogens with zero attached hydrogens (tertiary/aromatic N) is 1. The number of rotatable bonds is 3. The molecule has 7 heteroatoms. The number of thiocarbonyl (C=S) groups is 1. The number of halogens is 3. The second-order valence-corrected chi connectivity index (χ2v) is 5.65. The molecule has 2 aromatic rings. The fraction of sp³-hybridized carbons (Fsp3) is 0.133. The van der Waals surface area contributed by atoms with E-state index in [0.29, 0.717) is 5.56 Å². The van der Waals surface area contributed by atoms with Crippen molar-refractivity contribution in [3.05, 3.63) is 58.1 Å². The molecule has 0 aromatic heterocycles. The molecule has 0 saturated carbocycles. The molecule has 2 aromatic carbocycles. The lowest BCUT2D eigenvalue weighted by molar-refractivity contribution is -0.286. The largest absolute Gasteiger partial charge is 0.586 e. The molecular formula is C15H8BrF2NO2S. The second-order valence-electron chi connectivity index (χ2n) is 4.55. The van der Waals surface area contributed by atoms with Crippen LogP contribution in [-0.2, 0) is 0 Å². The van der Waals surface area contributed by atoms with Gasteiger partial charge in [0.2, 0.25) is 0 Å². The summed E-state index contributed by atoms with van der Waals surface area (Å²) < 4.78 is 35.9. The Morgan fingerprint density at radius 1 is 1.09 bits per heavy atom. The molecule has 1 heterocycles. The zero-order valence-corrected chi connectivity index (χ0v) is 13.3. The number of alkyl halides is 2. The second kappa shape index (κ2) is 5.76. The van der Waals surface area contributed by atoms with Crippen molar-refractivity contribution in [2.75, 3.05) is 0 Å². The van der Waals surface area contributed by atoms with Gasteiger partial charge in [-0.15, -0.1) is 8.78 Å². The molecule has 0 spiro atoms. The van der Waals surface area contributed by atoms with Gasteiger partial charge < -0.3 is 9.47 Å². The van der Waals surface area contributed by atoms with Gasteiger partial charge in [0.1, 0.15) is 6.04 Å². The lowest BCUT2D eigenvalue weighted by Gasteiger charge is -2.13. The van der Waals surface area contributed by atoms with Crippen molar-refractivity contribution in [1.29, 1.82) is 0 Å². The Hall–Kier alpha value is -1.82. The standard InChI is InChI=1S/C15H8BrF2NO2S/c16-11-3-1-2-9(6-11)14(19-8-22)10-4-5-12-13(7-10)21-15(17,18)20-12/h1-7,14H. The van der Waals surface area contributed by atoms with E-state index in [9.17, 15) is 8.78 Å². The van der Waals surface area contributed by atoms with Crippen LogP contribution in [0.2, 0.25) is 0 Å². The summed E-state index contributed by atoms with van der Waals surface area (Å²) in [5, 5.41) is 2.34. The molecule has 1 aliphatic heterocycles. The normalized spacial score (nSPS) is 16.0. The highest BCUT2D eigenvalue weighted by molar-refractivity contribution is 9.10. The molecule has 1 atom stereocenters. The molecule has 22 heavy (non-hydrogen) atoms. The zero-order chi connectivity index (χ0) is 15.7. The van der Waals surface area contributed by atoms with Crippen LogP contribution in [0.1, 0.15) is 17.2 Å². The molecule has 0 radical (unpaired) electrons. The van der Waals surface area contributed by atoms with Crippen LogP contribution >= 0.6 is 28.1 Å². The monoisotopic (exact) mass is 383 g/mol. The van der Waals surface area contributed by atoms with Crippen molar-refractivity contribution in [2.45, 2.75) is 12.3 Å². The number of fused-ring (bicyclic) bond motifs is 1. The molecule has 3 nitrogen and oxygen atoms in total. The Morgan fingerprint density at radius 2 is 1.82 bits per heavy atom. The Labute approximate surface area is 138 Å². The smallest absolute Gasteiger partial charge is 0.395 e. The number of benzene rings is 2. The average molecular weight is 384 g/mol. The Bertz CT molecular complexity index is 778. The summed E-state index contributed by atoms with van der Waals surface area (Å²) in [6.07, 6.45) is -3.64. The highest BCUT2D eigenvalue weighted by Gasteiger charge is 2.43. The average Bonchev–Trinajstić information content (AvgIpc) is 2.77. The minimum atomic E-state index is -3.64. The topological polar surface area (TPSA) is 30.8 Å². The first-order valence-corrected chi connectivity index (χ1v) is 7.41. The molecule has 0 N–H and O–H groups in total. The fourth-order valence-corrected chi connectivity index (χ4v) is 2.73. The summed E-state index contributed by atoms with van der Waals surface area (Å²) in [7, 11) is 0. The van der Waals surface area contributed by atoms with Crippen molar-refractivity contribution in [3.8, 4) is 11.5 Å². The Kier molecular flexibility index (Phi) is 3.95. The summed E-state index contributed by atoms with van der Waals surface area (Å²) in [4.78, 5) is 4.13. The van der Waals surface area contributed by atoms with E-state index in [1.165, 1.54) is 12.1 Å². The van der Waals surface area contributed by atoms with E-state index in [4.69, 9.17) is 12.2 Å². The van der Waals surface area contributed by atoms with Crippen LogP contribution in [0.4, 0.5) is 8.78 Å². The minimum absolute atomic E-state index is 0.00641. The summed E-state index contributed by atoms with van der Waals surface area (Å²) >= 11 is 8.08. The third-order valence-electron chi connectivity index (χ3n) is 3.09. The number of hydrogen-bond acceptors (Lipinski definition) is 4. The van der Waals surface area contributed by atoms with Gasteiger partial charge >= 0.3 is 6.29 Å². The van der Waals surface area contributed by atoms with Gasteiger partial charge in [-0.25, -0.2) is 4.99 Å². The summed E-state index contributed by atoms with van der Waals surface area (Å²) in [5.74, 6) is -0.0323. The van der Waals surface area contributed by atoms with Gasteiger partial charge in [0.15, 0.2) is 11.5 Å². The molecule has 0 amide bonds. The van der Waals surface area contributed by atoms with Crippen LogP contribution in [0.25, 0.3) is 0 Å². The SMILES string of the molecule is FC1(F)Oc2ccc(C(N=C=S)c3cccc(Br)c3)cc2O1. The maximum atomic E-state index is 13.1. The third kappa shape index (κ3) is 3.02. The maximum Gasteiger partial charge on any atom is 0.586 e.